The molecule has 0 heterocycles. The van der Waals surface area contributed by atoms with Crippen LogP contribution in [0.1, 0.15) is 19.4 Å². The van der Waals surface area contributed by atoms with E-state index in [0.717, 1.165) is 0 Å². The van der Waals surface area contributed by atoms with E-state index in [1.165, 1.54) is 24.3 Å². The van der Waals surface area contributed by atoms with Crippen molar-refractivity contribution >= 4 is 10.0 Å². The molecule has 0 radical (unpaired) electrons. The molecule has 5 nitrogen and oxygen atoms in total. The first-order chi connectivity index (χ1) is 8.45. The summed E-state index contributed by atoms with van der Waals surface area (Å²) in [5, 5.41) is 8.62. The van der Waals surface area contributed by atoms with Gasteiger partial charge in [-0.3, -0.25) is 0 Å². The molecule has 0 unspecified atom stereocenters. The molecule has 0 aliphatic rings. The summed E-state index contributed by atoms with van der Waals surface area (Å²) >= 11 is 0. The number of ether oxygens (including phenoxy) is 1. The molecule has 18 heavy (non-hydrogen) atoms. The molecule has 1 aromatic rings. The lowest BCUT2D eigenvalue weighted by molar-refractivity contribution is 0.0834. The van der Waals surface area contributed by atoms with Crippen molar-refractivity contribution in [3.8, 4) is 6.07 Å². The summed E-state index contributed by atoms with van der Waals surface area (Å²) in [5.74, 6) is 0. The minimum absolute atomic E-state index is 0.0735. The zero-order valence-corrected chi connectivity index (χ0v) is 11.2. The van der Waals surface area contributed by atoms with E-state index in [1.54, 1.807) is 0 Å². The number of rotatable bonds is 6. The Bertz CT molecular complexity index is 515. The number of hydrogen-bond donors (Lipinski definition) is 1. The monoisotopic (exact) mass is 268 g/mol. The minimum Gasteiger partial charge on any atom is -0.377 e. The molecule has 0 bridgehead atoms. The number of nitriles is 1. The molecule has 0 aliphatic heterocycles. The van der Waals surface area contributed by atoms with E-state index in [0.29, 0.717) is 12.2 Å². The van der Waals surface area contributed by atoms with Gasteiger partial charge in [-0.25, -0.2) is 13.1 Å². The predicted molar refractivity (Wildman–Crippen MR) is 67.4 cm³/mol. The molecule has 0 aliphatic carbocycles. The Balaban J connectivity index is 2.60. The molecule has 1 N–H and O–H groups in total. The highest BCUT2D eigenvalue weighted by Gasteiger charge is 2.12. The average Bonchev–Trinajstić information content (AvgIpc) is 2.34. The van der Waals surface area contributed by atoms with Crippen molar-refractivity contribution in [3.05, 3.63) is 29.8 Å². The van der Waals surface area contributed by atoms with E-state index in [1.807, 2.05) is 19.9 Å². The van der Waals surface area contributed by atoms with Gasteiger partial charge in [-0.1, -0.05) is 0 Å². The van der Waals surface area contributed by atoms with E-state index in [9.17, 15) is 8.42 Å². The third kappa shape index (κ3) is 4.45. The van der Waals surface area contributed by atoms with Crippen LogP contribution in [0.15, 0.2) is 29.2 Å². The van der Waals surface area contributed by atoms with Gasteiger partial charge in [0.05, 0.1) is 29.2 Å². The molecular formula is C12H16N2O3S. The van der Waals surface area contributed by atoms with Crippen LogP contribution in [-0.4, -0.2) is 27.7 Å². The van der Waals surface area contributed by atoms with Gasteiger partial charge in [0, 0.05) is 6.54 Å². The van der Waals surface area contributed by atoms with Crippen LogP contribution in [0.2, 0.25) is 0 Å². The highest BCUT2D eigenvalue weighted by Crippen LogP contribution is 2.09. The third-order valence-corrected chi connectivity index (χ3v) is 3.62. The van der Waals surface area contributed by atoms with Gasteiger partial charge in [0.25, 0.3) is 0 Å². The summed E-state index contributed by atoms with van der Waals surface area (Å²) in [7, 11) is -3.52. The lowest BCUT2D eigenvalue weighted by atomic mass is 10.2. The van der Waals surface area contributed by atoms with Gasteiger partial charge in [-0.05, 0) is 38.1 Å². The Hall–Kier alpha value is -1.42. The van der Waals surface area contributed by atoms with Gasteiger partial charge in [0.1, 0.15) is 0 Å². The first kappa shape index (κ1) is 14.6. The molecule has 0 atom stereocenters. The van der Waals surface area contributed by atoms with Crippen LogP contribution in [0.25, 0.3) is 0 Å². The maximum absolute atomic E-state index is 11.8. The Morgan fingerprint density at radius 2 is 1.94 bits per heavy atom. The van der Waals surface area contributed by atoms with E-state index >= 15 is 0 Å². The number of nitrogens with one attached hydrogen (secondary N) is 1. The first-order valence-corrected chi connectivity index (χ1v) is 7.05. The van der Waals surface area contributed by atoms with Gasteiger partial charge in [0.15, 0.2) is 0 Å². The number of nitrogens with zero attached hydrogens (tertiary/aromatic N) is 1. The topological polar surface area (TPSA) is 79.2 Å². The maximum Gasteiger partial charge on any atom is 0.240 e. The predicted octanol–water partition coefficient (Wildman–Crippen LogP) is 1.26. The molecule has 1 aromatic carbocycles. The average molecular weight is 268 g/mol. The summed E-state index contributed by atoms with van der Waals surface area (Å²) in [6, 6.07) is 7.69. The molecule has 0 fully saturated rings. The van der Waals surface area contributed by atoms with Gasteiger partial charge < -0.3 is 4.74 Å². The molecule has 0 aromatic heterocycles. The van der Waals surface area contributed by atoms with E-state index in [4.69, 9.17) is 10.00 Å². The normalized spacial score (nSPS) is 11.4. The Morgan fingerprint density at radius 3 is 2.44 bits per heavy atom. The summed E-state index contributed by atoms with van der Waals surface area (Å²) in [4.78, 5) is 0.144. The minimum atomic E-state index is -3.52. The smallest absolute Gasteiger partial charge is 0.240 e. The molecule has 0 amide bonds. The number of hydrogen-bond acceptors (Lipinski definition) is 4. The van der Waals surface area contributed by atoms with Crippen LogP contribution in [-0.2, 0) is 14.8 Å². The van der Waals surface area contributed by atoms with Crippen molar-refractivity contribution in [2.45, 2.75) is 24.8 Å². The van der Waals surface area contributed by atoms with E-state index in [-0.39, 0.29) is 17.5 Å². The fraction of sp³-hybridized carbons (Fsp3) is 0.417. The molecule has 0 spiro atoms. The van der Waals surface area contributed by atoms with Crippen LogP contribution in [0.3, 0.4) is 0 Å². The molecule has 6 heteroatoms. The highest BCUT2D eigenvalue weighted by molar-refractivity contribution is 7.89. The molecular weight excluding hydrogens is 252 g/mol. The molecule has 98 valence electrons. The quantitative estimate of drug-likeness (QED) is 0.788. The second-order valence-corrected chi connectivity index (χ2v) is 5.72. The lowest BCUT2D eigenvalue weighted by Crippen LogP contribution is -2.28. The van der Waals surface area contributed by atoms with Gasteiger partial charge in [-0.15, -0.1) is 0 Å². The third-order valence-electron chi connectivity index (χ3n) is 2.14. The van der Waals surface area contributed by atoms with E-state index in [2.05, 4.69) is 4.72 Å². The number of sulfonamides is 1. The van der Waals surface area contributed by atoms with E-state index < -0.39 is 10.0 Å². The highest BCUT2D eigenvalue weighted by atomic mass is 32.2. The largest absolute Gasteiger partial charge is 0.377 e. The van der Waals surface area contributed by atoms with Crippen LogP contribution in [0.5, 0.6) is 0 Å². The van der Waals surface area contributed by atoms with Crippen LogP contribution in [0.4, 0.5) is 0 Å². The SMILES string of the molecule is CC(C)OCCNS(=O)(=O)c1ccc(C#N)cc1. The van der Waals surface area contributed by atoms with Gasteiger partial charge in [0.2, 0.25) is 10.0 Å². The second-order valence-electron chi connectivity index (χ2n) is 3.95. The Morgan fingerprint density at radius 1 is 1.33 bits per heavy atom. The van der Waals surface area contributed by atoms with Crippen molar-refractivity contribution < 1.29 is 13.2 Å². The number of benzene rings is 1. The van der Waals surface area contributed by atoms with Crippen molar-refractivity contribution in [2.24, 2.45) is 0 Å². The Labute approximate surface area is 107 Å². The standard InChI is InChI=1S/C12H16N2O3S/c1-10(2)17-8-7-14-18(15,16)12-5-3-11(9-13)4-6-12/h3-6,10,14H,7-8H2,1-2H3. The Kier molecular flexibility index (Phi) is 5.28. The van der Waals surface area contributed by atoms with Crippen LogP contribution in [0, 0.1) is 11.3 Å². The second kappa shape index (κ2) is 6.50. The van der Waals surface area contributed by atoms with Crippen molar-refractivity contribution in [1.82, 2.24) is 4.72 Å². The lowest BCUT2D eigenvalue weighted by Gasteiger charge is -2.09. The maximum atomic E-state index is 11.8. The summed E-state index contributed by atoms with van der Waals surface area (Å²) in [6.45, 7) is 4.32. The molecule has 0 saturated heterocycles. The molecule has 0 saturated carbocycles. The van der Waals surface area contributed by atoms with Gasteiger partial charge >= 0.3 is 0 Å². The van der Waals surface area contributed by atoms with Crippen LogP contribution < -0.4 is 4.72 Å². The zero-order chi connectivity index (χ0) is 13.6. The van der Waals surface area contributed by atoms with Gasteiger partial charge in [-0.2, -0.15) is 5.26 Å². The first-order valence-electron chi connectivity index (χ1n) is 5.57. The van der Waals surface area contributed by atoms with Crippen molar-refractivity contribution in [2.75, 3.05) is 13.2 Å². The fourth-order valence-electron chi connectivity index (χ4n) is 1.26. The summed E-state index contributed by atoms with van der Waals surface area (Å²) in [5.41, 5.74) is 0.428. The zero-order valence-electron chi connectivity index (χ0n) is 10.4. The summed E-state index contributed by atoms with van der Waals surface area (Å²) in [6.07, 6.45) is 0.0735. The van der Waals surface area contributed by atoms with Crippen molar-refractivity contribution in [3.63, 3.8) is 0 Å². The van der Waals surface area contributed by atoms with Crippen molar-refractivity contribution in [1.29, 1.82) is 5.26 Å². The fourth-order valence-corrected chi connectivity index (χ4v) is 2.28. The summed E-state index contributed by atoms with van der Waals surface area (Å²) < 4.78 is 31.3. The van der Waals surface area contributed by atoms with Crippen LogP contribution >= 0.6 is 0 Å². The molecule has 1 rings (SSSR count).